The zero-order valence-electron chi connectivity index (χ0n) is 11.6. The van der Waals surface area contributed by atoms with Crippen molar-refractivity contribution in [3.8, 4) is 11.5 Å². The van der Waals surface area contributed by atoms with Crippen molar-refractivity contribution in [2.24, 2.45) is 0 Å². The Hall–Kier alpha value is -2.50. The van der Waals surface area contributed by atoms with E-state index in [-0.39, 0.29) is 18.6 Å². The molecule has 0 spiro atoms. The van der Waals surface area contributed by atoms with Gasteiger partial charge in [-0.2, -0.15) is 0 Å². The summed E-state index contributed by atoms with van der Waals surface area (Å²) in [6, 6.07) is 3.78. The van der Waals surface area contributed by atoms with Crippen LogP contribution in [0.2, 0.25) is 0 Å². The number of benzene rings is 1. The molecule has 0 fully saturated rings. The maximum Gasteiger partial charge on any atom is 0.231 e. The van der Waals surface area contributed by atoms with Gasteiger partial charge in [-0.3, -0.25) is 4.79 Å². The fourth-order valence-electron chi connectivity index (χ4n) is 2.84. The first-order valence-electron chi connectivity index (χ1n) is 6.99. The number of aryl methyl sites for hydroxylation is 1. The predicted octanol–water partition coefficient (Wildman–Crippen LogP) is 2.11. The molecule has 21 heavy (non-hydrogen) atoms. The second-order valence-corrected chi connectivity index (χ2v) is 5.23. The molecule has 2 aromatic rings. The molecule has 1 aromatic carbocycles. The number of hydrogen-bond donors (Lipinski definition) is 1. The lowest BCUT2D eigenvalue weighted by Crippen LogP contribution is -2.23. The van der Waals surface area contributed by atoms with Crippen molar-refractivity contribution < 1.29 is 14.3 Å². The number of rotatable bonds is 2. The Morgan fingerprint density at radius 1 is 1.38 bits per heavy atom. The van der Waals surface area contributed by atoms with Crippen LogP contribution < -0.4 is 14.8 Å². The van der Waals surface area contributed by atoms with E-state index in [1.165, 1.54) is 0 Å². The van der Waals surface area contributed by atoms with E-state index >= 15 is 0 Å². The zero-order chi connectivity index (χ0) is 14.4. The van der Waals surface area contributed by atoms with Gasteiger partial charge in [-0.1, -0.05) is 0 Å². The van der Waals surface area contributed by atoms with Gasteiger partial charge in [0.15, 0.2) is 11.5 Å². The van der Waals surface area contributed by atoms with E-state index in [2.05, 4.69) is 17.2 Å². The third-order valence-electron chi connectivity index (χ3n) is 3.96. The molecule has 2 aliphatic heterocycles. The van der Waals surface area contributed by atoms with Crippen LogP contribution >= 0.6 is 0 Å². The molecular formula is C15H15N3O3. The summed E-state index contributed by atoms with van der Waals surface area (Å²) in [5, 5.41) is 2.90. The first-order valence-corrected chi connectivity index (χ1v) is 6.99. The van der Waals surface area contributed by atoms with Crippen LogP contribution in [0.5, 0.6) is 11.5 Å². The van der Waals surface area contributed by atoms with Gasteiger partial charge >= 0.3 is 0 Å². The molecule has 0 bridgehead atoms. The third kappa shape index (κ3) is 1.94. The van der Waals surface area contributed by atoms with E-state index in [4.69, 9.17) is 9.47 Å². The Kier molecular flexibility index (Phi) is 2.63. The van der Waals surface area contributed by atoms with Gasteiger partial charge in [0.05, 0.1) is 12.0 Å². The van der Waals surface area contributed by atoms with Crippen molar-refractivity contribution >= 4 is 11.6 Å². The number of nitrogens with zero attached hydrogens (tertiary/aromatic N) is 2. The molecule has 1 aromatic heterocycles. The van der Waals surface area contributed by atoms with Crippen LogP contribution in [-0.4, -0.2) is 22.3 Å². The standard InChI is InChI=1S/C15H15N3O3/c1-2-18-6-12(16-7-18)10-4-15(19)17-11-5-14-13(3-9(10)11)20-8-21-14/h3,5-7,10H,2,4,8H2,1H3,(H,17,19). The molecule has 3 heterocycles. The average Bonchev–Trinajstić information content (AvgIpc) is 3.12. The van der Waals surface area contributed by atoms with Crippen LogP contribution in [-0.2, 0) is 11.3 Å². The number of carbonyl (C=O) groups is 1. The van der Waals surface area contributed by atoms with Crippen LogP contribution in [0.4, 0.5) is 5.69 Å². The summed E-state index contributed by atoms with van der Waals surface area (Å²) in [4.78, 5) is 16.4. The lowest BCUT2D eigenvalue weighted by molar-refractivity contribution is -0.116. The number of carbonyl (C=O) groups excluding carboxylic acids is 1. The van der Waals surface area contributed by atoms with E-state index in [0.29, 0.717) is 12.2 Å². The quantitative estimate of drug-likeness (QED) is 0.917. The van der Waals surface area contributed by atoms with Crippen LogP contribution in [0.1, 0.15) is 30.5 Å². The second-order valence-electron chi connectivity index (χ2n) is 5.23. The van der Waals surface area contributed by atoms with Crippen LogP contribution in [0.3, 0.4) is 0 Å². The molecule has 0 saturated carbocycles. The highest BCUT2D eigenvalue weighted by Gasteiger charge is 2.31. The molecular weight excluding hydrogens is 270 g/mol. The molecule has 0 radical (unpaired) electrons. The van der Waals surface area contributed by atoms with Crippen molar-refractivity contribution in [2.75, 3.05) is 12.1 Å². The number of amides is 1. The van der Waals surface area contributed by atoms with Crippen molar-refractivity contribution in [1.82, 2.24) is 9.55 Å². The van der Waals surface area contributed by atoms with Gasteiger partial charge in [0.2, 0.25) is 12.7 Å². The van der Waals surface area contributed by atoms with Gasteiger partial charge in [0.25, 0.3) is 0 Å². The number of aromatic nitrogens is 2. The monoisotopic (exact) mass is 285 g/mol. The summed E-state index contributed by atoms with van der Waals surface area (Å²) >= 11 is 0. The number of anilines is 1. The van der Waals surface area contributed by atoms with Gasteiger partial charge in [-0.15, -0.1) is 0 Å². The SMILES string of the molecule is CCn1cnc(C2CC(=O)Nc3cc4c(cc32)OCO4)c1. The summed E-state index contributed by atoms with van der Waals surface area (Å²) < 4.78 is 12.8. The van der Waals surface area contributed by atoms with Crippen LogP contribution in [0, 0.1) is 0 Å². The molecule has 1 N–H and O–H groups in total. The molecule has 0 saturated heterocycles. The van der Waals surface area contributed by atoms with Gasteiger partial charge in [0, 0.05) is 36.8 Å². The van der Waals surface area contributed by atoms with Gasteiger partial charge in [-0.25, -0.2) is 4.98 Å². The van der Waals surface area contributed by atoms with E-state index in [9.17, 15) is 4.79 Å². The normalized spacial score (nSPS) is 19.3. The Morgan fingerprint density at radius 2 is 2.19 bits per heavy atom. The summed E-state index contributed by atoms with van der Waals surface area (Å²) in [5.74, 6) is 1.35. The van der Waals surface area contributed by atoms with Crippen LogP contribution in [0.15, 0.2) is 24.7 Å². The van der Waals surface area contributed by atoms with Crippen LogP contribution in [0.25, 0.3) is 0 Å². The molecule has 6 nitrogen and oxygen atoms in total. The molecule has 0 aliphatic carbocycles. The molecule has 2 aliphatic rings. The molecule has 6 heteroatoms. The number of fused-ring (bicyclic) bond motifs is 2. The first kappa shape index (κ1) is 12.3. The summed E-state index contributed by atoms with van der Waals surface area (Å²) in [7, 11) is 0. The minimum Gasteiger partial charge on any atom is -0.454 e. The van der Waals surface area contributed by atoms with Gasteiger partial charge in [-0.05, 0) is 18.6 Å². The van der Waals surface area contributed by atoms with E-state index in [1.54, 1.807) is 6.33 Å². The fourth-order valence-corrected chi connectivity index (χ4v) is 2.84. The Bertz CT molecular complexity index is 723. The lowest BCUT2D eigenvalue weighted by Gasteiger charge is -2.24. The Balaban J connectivity index is 1.81. The number of imidazole rings is 1. The largest absolute Gasteiger partial charge is 0.454 e. The number of hydrogen-bond acceptors (Lipinski definition) is 4. The van der Waals surface area contributed by atoms with E-state index in [1.807, 2.05) is 22.9 Å². The van der Waals surface area contributed by atoms with E-state index < -0.39 is 0 Å². The van der Waals surface area contributed by atoms with Crippen molar-refractivity contribution in [2.45, 2.75) is 25.8 Å². The lowest BCUT2D eigenvalue weighted by atomic mass is 9.88. The highest BCUT2D eigenvalue weighted by Crippen LogP contribution is 2.44. The number of ether oxygens (including phenoxy) is 2. The summed E-state index contributed by atoms with van der Waals surface area (Å²) in [6.45, 7) is 3.15. The highest BCUT2D eigenvalue weighted by molar-refractivity contribution is 5.95. The first-order chi connectivity index (χ1) is 10.2. The second kappa shape index (κ2) is 4.51. The predicted molar refractivity (Wildman–Crippen MR) is 75.6 cm³/mol. The van der Waals surface area contributed by atoms with Crippen molar-refractivity contribution in [1.29, 1.82) is 0 Å². The fraction of sp³-hybridized carbons (Fsp3) is 0.333. The van der Waals surface area contributed by atoms with Crippen molar-refractivity contribution in [3.63, 3.8) is 0 Å². The minimum absolute atomic E-state index is 0.00239. The number of nitrogens with one attached hydrogen (secondary N) is 1. The zero-order valence-corrected chi connectivity index (χ0v) is 11.6. The topological polar surface area (TPSA) is 65.4 Å². The Labute approximate surface area is 121 Å². The van der Waals surface area contributed by atoms with E-state index in [0.717, 1.165) is 29.2 Å². The molecule has 1 unspecified atom stereocenters. The third-order valence-corrected chi connectivity index (χ3v) is 3.96. The maximum absolute atomic E-state index is 12.0. The maximum atomic E-state index is 12.0. The smallest absolute Gasteiger partial charge is 0.231 e. The average molecular weight is 285 g/mol. The minimum atomic E-state index is -0.0453. The molecule has 1 atom stereocenters. The molecule has 1 amide bonds. The Morgan fingerprint density at radius 3 is 2.95 bits per heavy atom. The summed E-state index contributed by atoms with van der Waals surface area (Å²) in [6.07, 6.45) is 4.19. The van der Waals surface area contributed by atoms with Crippen molar-refractivity contribution in [3.05, 3.63) is 35.9 Å². The molecule has 4 rings (SSSR count). The highest BCUT2D eigenvalue weighted by atomic mass is 16.7. The molecule has 108 valence electrons. The van der Waals surface area contributed by atoms with Gasteiger partial charge < -0.3 is 19.4 Å². The van der Waals surface area contributed by atoms with Gasteiger partial charge in [0.1, 0.15) is 0 Å². The summed E-state index contributed by atoms with van der Waals surface area (Å²) in [5.41, 5.74) is 2.72.